The lowest BCUT2D eigenvalue weighted by atomic mass is 10.2. The van der Waals surface area contributed by atoms with E-state index in [1.165, 1.54) is 12.1 Å². The van der Waals surface area contributed by atoms with Crippen LogP contribution in [0, 0.1) is 23.3 Å². The average Bonchev–Trinajstić information content (AvgIpc) is 2.46. The van der Waals surface area contributed by atoms with Crippen LogP contribution in [0.25, 0.3) is 0 Å². The SMILES string of the molecule is CC(=Nc1ccc(F)c(F)c1)C(C)=Nc1ccc(F)c(F)c1. The normalized spacial score (nSPS) is 12.6. The lowest BCUT2D eigenvalue weighted by Crippen LogP contribution is -2.04. The summed E-state index contributed by atoms with van der Waals surface area (Å²) in [5, 5.41) is 0. The molecule has 0 amide bonds. The molecule has 0 aliphatic heterocycles. The molecular weight excluding hydrogens is 296 g/mol. The molecule has 0 atom stereocenters. The Morgan fingerprint density at radius 2 is 1.00 bits per heavy atom. The quantitative estimate of drug-likeness (QED) is 0.555. The van der Waals surface area contributed by atoms with Crippen molar-refractivity contribution >= 4 is 22.8 Å². The van der Waals surface area contributed by atoms with Crippen molar-refractivity contribution in [3.8, 4) is 0 Å². The minimum atomic E-state index is -0.996. The van der Waals surface area contributed by atoms with Gasteiger partial charge >= 0.3 is 0 Å². The zero-order valence-corrected chi connectivity index (χ0v) is 11.9. The third kappa shape index (κ3) is 3.78. The first-order chi connectivity index (χ1) is 10.4. The van der Waals surface area contributed by atoms with Crippen molar-refractivity contribution in [1.82, 2.24) is 0 Å². The molecule has 22 heavy (non-hydrogen) atoms. The van der Waals surface area contributed by atoms with Gasteiger partial charge < -0.3 is 0 Å². The molecule has 2 rings (SSSR count). The average molecular weight is 308 g/mol. The maximum Gasteiger partial charge on any atom is 0.160 e. The van der Waals surface area contributed by atoms with Gasteiger partial charge in [0.05, 0.1) is 22.8 Å². The number of nitrogens with zero attached hydrogens (tertiary/aromatic N) is 2. The minimum absolute atomic E-state index is 0.233. The van der Waals surface area contributed by atoms with Gasteiger partial charge in [0.2, 0.25) is 0 Å². The molecule has 0 bridgehead atoms. The number of hydrogen-bond donors (Lipinski definition) is 0. The van der Waals surface area contributed by atoms with Crippen LogP contribution in [0.5, 0.6) is 0 Å². The zero-order valence-electron chi connectivity index (χ0n) is 11.9. The molecule has 0 unspecified atom stereocenters. The van der Waals surface area contributed by atoms with Crippen LogP contribution in [-0.4, -0.2) is 11.4 Å². The highest BCUT2D eigenvalue weighted by atomic mass is 19.2. The second kappa shape index (κ2) is 6.51. The smallest absolute Gasteiger partial charge is 0.160 e. The fourth-order valence-corrected chi connectivity index (χ4v) is 1.66. The molecule has 2 nitrogen and oxygen atoms in total. The van der Waals surface area contributed by atoms with Crippen LogP contribution >= 0.6 is 0 Å². The number of rotatable bonds is 3. The van der Waals surface area contributed by atoms with Gasteiger partial charge in [-0.05, 0) is 38.1 Å². The highest BCUT2D eigenvalue weighted by molar-refractivity contribution is 6.41. The van der Waals surface area contributed by atoms with Gasteiger partial charge in [-0.2, -0.15) is 0 Å². The number of benzene rings is 2. The maximum atomic E-state index is 13.1. The van der Waals surface area contributed by atoms with Crippen molar-refractivity contribution < 1.29 is 17.6 Å². The Morgan fingerprint density at radius 1 is 0.636 bits per heavy atom. The summed E-state index contributed by atoms with van der Waals surface area (Å²) < 4.78 is 51.9. The molecule has 0 radical (unpaired) electrons. The first kappa shape index (κ1) is 15.9. The van der Waals surface area contributed by atoms with Crippen molar-refractivity contribution in [2.75, 3.05) is 0 Å². The van der Waals surface area contributed by atoms with Crippen molar-refractivity contribution in [2.45, 2.75) is 13.8 Å². The summed E-state index contributed by atoms with van der Waals surface area (Å²) in [5.41, 5.74) is 1.35. The van der Waals surface area contributed by atoms with Gasteiger partial charge in [0.1, 0.15) is 0 Å². The van der Waals surface area contributed by atoms with E-state index in [-0.39, 0.29) is 11.4 Å². The number of halogens is 4. The van der Waals surface area contributed by atoms with Crippen LogP contribution in [-0.2, 0) is 0 Å². The Kier molecular flexibility index (Phi) is 4.70. The van der Waals surface area contributed by atoms with Crippen LogP contribution in [0.4, 0.5) is 28.9 Å². The predicted molar refractivity (Wildman–Crippen MR) is 78.3 cm³/mol. The lowest BCUT2D eigenvalue weighted by Gasteiger charge is -2.02. The van der Waals surface area contributed by atoms with Crippen LogP contribution in [0.15, 0.2) is 46.4 Å². The van der Waals surface area contributed by atoms with Crippen molar-refractivity contribution in [1.29, 1.82) is 0 Å². The van der Waals surface area contributed by atoms with Gasteiger partial charge in [0.15, 0.2) is 23.3 Å². The third-order valence-electron chi connectivity index (χ3n) is 2.92. The topological polar surface area (TPSA) is 24.7 Å². The van der Waals surface area contributed by atoms with E-state index in [2.05, 4.69) is 9.98 Å². The monoisotopic (exact) mass is 308 g/mol. The Bertz CT molecular complexity index is 701. The molecule has 0 saturated heterocycles. The van der Waals surface area contributed by atoms with Gasteiger partial charge in [0, 0.05) is 12.1 Å². The first-order valence-electron chi connectivity index (χ1n) is 6.38. The maximum absolute atomic E-state index is 13.1. The van der Waals surface area contributed by atoms with Crippen LogP contribution in [0.2, 0.25) is 0 Å². The van der Waals surface area contributed by atoms with Gasteiger partial charge in [-0.15, -0.1) is 0 Å². The molecule has 2 aromatic rings. The van der Waals surface area contributed by atoms with E-state index < -0.39 is 23.3 Å². The standard InChI is InChI=1S/C16H12F4N2/c1-9(21-11-3-5-13(17)15(19)7-11)10(2)22-12-4-6-14(18)16(20)8-12/h3-8H,1-2H3. The molecule has 0 N–H and O–H groups in total. The molecule has 0 saturated carbocycles. The molecule has 0 aliphatic rings. The summed E-state index contributed by atoms with van der Waals surface area (Å²) in [6.07, 6.45) is 0. The molecule has 0 aromatic heterocycles. The first-order valence-corrected chi connectivity index (χ1v) is 6.38. The molecule has 0 aliphatic carbocycles. The summed E-state index contributed by atoms with van der Waals surface area (Å²) in [5.74, 6) is -3.90. The molecule has 0 spiro atoms. The zero-order chi connectivity index (χ0) is 16.3. The van der Waals surface area contributed by atoms with E-state index in [1.54, 1.807) is 13.8 Å². The van der Waals surface area contributed by atoms with E-state index >= 15 is 0 Å². The highest BCUT2D eigenvalue weighted by Crippen LogP contribution is 2.19. The number of aliphatic imine (C=N–C) groups is 2. The van der Waals surface area contributed by atoms with E-state index in [9.17, 15) is 17.6 Å². The molecule has 114 valence electrons. The summed E-state index contributed by atoms with van der Waals surface area (Å²) in [6.45, 7) is 3.25. The molecular formula is C16H12F4N2. The lowest BCUT2D eigenvalue weighted by molar-refractivity contribution is 0.509. The fraction of sp³-hybridized carbons (Fsp3) is 0.125. The fourth-order valence-electron chi connectivity index (χ4n) is 1.66. The van der Waals surface area contributed by atoms with Crippen molar-refractivity contribution in [3.05, 3.63) is 59.7 Å². The number of hydrogen-bond acceptors (Lipinski definition) is 2. The summed E-state index contributed by atoms with van der Waals surface area (Å²) >= 11 is 0. The van der Waals surface area contributed by atoms with Gasteiger partial charge in [-0.25, -0.2) is 17.6 Å². The van der Waals surface area contributed by atoms with Crippen LogP contribution in [0.3, 0.4) is 0 Å². The summed E-state index contributed by atoms with van der Waals surface area (Å²) in [4.78, 5) is 8.22. The van der Waals surface area contributed by atoms with Crippen LogP contribution in [0.1, 0.15) is 13.8 Å². The Hall–Kier alpha value is -2.50. The summed E-state index contributed by atoms with van der Waals surface area (Å²) in [6, 6.07) is 6.53. The largest absolute Gasteiger partial charge is 0.252 e. The molecule has 6 heteroatoms. The van der Waals surface area contributed by atoms with Crippen molar-refractivity contribution in [2.24, 2.45) is 9.98 Å². The van der Waals surface area contributed by atoms with E-state index in [1.807, 2.05) is 0 Å². The van der Waals surface area contributed by atoms with Gasteiger partial charge in [0.25, 0.3) is 0 Å². The Morgan fingerprint density at radius 3 is 1.32 bits per heavy atom. The van der Waals surface area contributed by atoms with E-state index in [4.69, 9.17) is 0 Å². The Balaban J connectivity index is 2.28. The van der Waals surface area contributed by atoms with E-state index in [0.29, 0.717) is 11.4 Å². The minimum Gasteiger partial charge on any atom is -0.252 e. The second-order valence-electron chi connectivity index (χ2n) is 4.59. The predicted octanol–water partition coefficient (Wildman–Crippen LogP) is 5.13. The third-order valence-corrected chi connectivity index (χ3v) is 2.92. The summed E-state index contributed by atoms with van der Waals surface area (Å²) in [7, 11) is 0. The van der Waals surface area contributed by atoms with Crippen LogP contribution < -0.4 is 0 Å². The highest BCUT2D eigenvalue weighted by Gasteiger charge is 2.05. The molecule has 0 heterocycles. The molecule has 0 fully saturated rings. The van der Waals surface area contributed by atoms with Gasteiger partial charge in [-0.3, -0.25) is 9.98 Å². The second-order valence-corrected chi connectivity index (χ2v) is 4.59. The van der Waals surface area contributed by atoms with Crippen molar-refractivity contribution in [3.63, 3.8) is 0 Å². The van der Waals surface area contributed by atoms with Gasteiger partial charge in [-0.1, -0.05) is 0 Å². The Labute approximate surface area is 124 Å². The molecule has 2 aromatic carbocycles. The van der Waals surface area contributed by atoms with E-state index in [0.717, 1.165) is 24.3 Å².